The molecule has 8 nitrogen and oxygen atoms in total. The lowest BCUT2D eigenvalue weighted by Crippen LogP contribution is -2.29. The molecule has 0 amide bonds. The zero-order valence-corrected chi connectivity index (χ0v) is 13.3. The first kappa shape index (κ1) is 20.3. The number of carboxylic acids is 1. The second kappa shape index (κ2) is 9.34. The zero-order chi connectivity index (χ0) is 16.5. The molecule has 0 aromatic rings. The molecule has 0 spiro atoms. The van der Waals surface area contributed by atoms with Crippen LogP contribution in [0.5, 0.6) is 0 Å². The Labute approximate surface area is 125 Å². The van der Waals surface area contributed by atoms with E-state index < -0.39 is 37.2 Å². The van der Waals surface area contributed by atoms with Gasteiger partial charge in [-0.05, 0) is 12.8 Å². The van der Waals surface area contributed by atoms with E-state index in [0.717, 1.165) is 19.3 Å². The molecule has 0 aliphatic heterocycles. The van der Waals surface area contributed by atoms with Crippen LogP contribution in [0, 0.1) is 0 Å². The molecular weight excluding hydrogens is 324 g/mol. The van der Waals surface area contributed by atoms with Gasteiger partial charge in [-0.2, -0.15) is 16.8 Å². The third-order valence-corrected chi connectivity index (χ3v) is 5.26. The van der Waals surface area contributed by atoms with E-state index in [4.69, 9.17) is 14.2 Å². The molecule has 0 saturated heterocycles. The number of hydrogen-bond acceptors (Lipinski definition) is 5. The molecule has 0 bridgehead atoms. The second-order valence-electron chi connectivity index (χ2n) is 4.94. The predicted octanol–water partition coefficient (Wildman–Crippen LogP) is 1.34. The number of carboxylic acid groups (broad SMARTS) is 1. The van der Waals surface area contributed by atoms with Crippen molar-refractivity contribution in [2.45, 2.75) is 56.6 Å². The third kappa shape index (κ3) is 12.7. The average molecular weight is 346 g/mol. The Morgan fingerprint density at radius 3 is 1.76 bits per heavy atom. The van der Waals surface area contributed by atoms with Crippen LogP contribution in [-0.4, -0.2) is 48.0 Å². The van der Waals surface area contributed by atoms with Crippen molar-refractivity contribution in [1.82, 2.24) is 0 Å². The van der Waals surface area contributed by atoms with Crippen molar-refractivity contribution < 1.29 is 35.8 Å². The van der Waals surface area contributed by atoms with Gasteiger partial charge < -0.3 is 5.11 Å². The van der Waals surface area contributed by atoms with E-state index in [1.54, 1.807) is 0 Å². The van der Waals surface area contributed by atoms with Gasteiger partial charge in [-0.1, -0.05) is 32.1 Å². The fraction of sp³-hybridized carbons (Fsp3) is 0.909. The molecule has 21 heavy (non-hydrogen) atoms. The summed E-state index contributed by atoms with van der Waals surface area (Å²) >= 11 is 0. The van der Waals surface area contributed by atoms with Crippen LogP contribution < -0.4 is 0 Å². The van der Waals surface area contributed by atoms with E-state index in [0.29, 0.717) is 19.3 Å². The summed E-state index contributed by atoms with van der Waals surface area (Å²) in [6.45, 7) is 0. The summed E-state index contributed by atoms with van der Waals surface area (Å²) in [6, 6.07) is 0. The van der Waals surface area contributed by atoms with Crippen LogP contribution >= 0.6 is 0 Å². The van der Waals surface area contributed by atoms with E-state index in [1.165, 1.54) is 0 Å². The molecular formula is C11H22O8S2. The van der Waals surface area contributed by atoms with Crippen LogP contribution in [0.3, 0.4) is 0 Å². The highest BCUT2D eigenvalue weighted by Crippen LogP contribution is 2.14. The third-order valence-electron chi connectivity index (χ3n) is 2.98. The molecule has 1 unspecified atom stereocenters. The molecule has 0 heterocycles. The normalized spacial score (nSPS) is 14.0. The Morgan fingerprint density at radius 1 is 0.857 bits per heavy atom. The van der Waals surface area contributed by atoms with E-state index in [9.17, 15) is 21.6 Å². The van der Waals surface area contributed by atoms with Crippen molar-refractivity contribution in [2.75, 3.05) is 5.75 Å². The lowest BCUT2D eigenvalue weighted by atomic mass is 10.1. The van der Waals surface area contributed by atoms with Crippen molar-refractivity contribution in [3.8, 4) is 0 Å². The van der Waals surface area contributed by atoms with Crippen molar-refractivity contribution >= 4 is 26.2 Å². The number of aliphatic carboxylic acids is 1. The van der Waals surface area contributed by atoms with Gasteiger partial charge >= 0.3 is 5.97 Å². The topological polar surface area (TPSA) is 146 Å². The van der Waals surface area contributed by atoms with Gasteiger partial charge in [-0.15, -0.1) is 0 Å². The minimum absolute atomic E-state index is 0.0479. The quantitative estimate of drug-likeness (QED) is 0.354. The summed E-state index contributed by atoms with van der Waals surface area (Å²) < 4.78 is 60.9. The number of unbranched alkanes of at least 4 members (excludes halogenated alkanes) is 5. The van der Waals surface area contributed by atoms with Crippen LogP contribution in [0.15, 0.2) is 0 Å². The first-order valence-corrected chi connectivity index (χ1v) is 9.77. The molecule has 3 N–H and O–H groups in total. The Morgan fingerprint density at radius 2 is 1.33 bits per heavy atom. The lowest BCUT2D eigenvalue weighted by molar-refractivity contribution is -0.137. The largest absolute Gasteiger partial charge is 0.481 e. The highest BCUT2D eigenvalue weighted by Gasteiger charge is 2.27. The van der Waals surface area contributed by atoms with Crippen LogP contribution in [-0.2, 0) is 25.0 Å². The van der Waals surface area contributed by atoms with Crippen LogP contribution in [0.25, 0.3) is 0 Å². The van der Waals surface area contributed by atoms with Gasteiger partial charge in [0, 0.05) is 6.42 Å². The Balaban J connectivity index is 3.93. The molecule has 0 aliphatic carbocycles. The number of rotatable bonds is 12. The molecule has 126 valence electrons. The minimum Gasteiger partial charge on any atom is -0.481 e. The van der Waals surface area contributed by atoms with Crippen molar-refractivity contribution in [2.24, 2.45) is 0 Å². The van der Waals surface area contributed by atoms with Crippen LogP contribution in [0.2, 0.25) is 0 Å². The molecule has 0 aromatic heterocycles. The van der Waals surface area contributed by atoms with Crippen LogP contribution in [0.4, 0.5) is 0 Å². The van der Waals surface area contributed by atoms with Gasteiger partial charge in [0.25, 0.3) is 20.2 Å². The first-order valence-electron chi connectivity index (χ1n) is 6.65. The summed E-state index contributed by atoms with van der Waals surface area (Å²) in [5.74, 6) is -1.85. The van der Waals surface area contributed by atoms with Crippen molar-refractivity contribution in [1.29, 1.82) is 0 Å². The standard InChI is InChI=1S/C11H22O8S2/c12-11(13)8-6-4-2-1-3-5-7-10(21(17,18)19)9-20(14,15)16/h10H,1-9H2,(H,12,13)(H,14,15,16)(H,17,18,19). The van der Waals surface area contributed by atoms with E-state index in [1.807, 2.05) is 0 Å². The molecule has 0 aliphatic rings. The summed E-state index contributed by atoms with van der Waals surface area (Å²) in [6.07, 6.45) is 4.05. The predicted molar refractivity (Wildman–Crippen MR) is 76.3 cm³/mol. The monoisotopic (exact) mass is 346 g/mol. The smallest absolute Gasteiger partial charge is 0.303 e. The molecule has 0 fully saturated rings. The van der Waals surface area contributed by atoms with Gasteiger partial charge in [0.05, 0.1) is 5.75 Å². The molecule has 10 heteroatoms. The lowest BCUT2D eigenvalue weighted by Gasteiger charge is -2.11. The van der Waals surface area contributed by atoms with E-state index in [2.05, 4.69) is 0 Å². The molecule has 1 atom stereocenters. The number of hydrogen-bond donors (Lipinski definition) is 3. The maximum atomic E-state index is 11.0. The Hall–Kier alpha value is -0.710. The highest BCUT2D eigenvalue weighted by atomic mass is 32.2. The van der Waals surface area contributed by atoms with Gasteiger partial charge in [0.1, 0.15) is 5.25 Å². The van der Waals surface area contributed by atoms with Crippen molar-refractivity contribution in [3.63, 3.8) is 0 Å². The summed E-state index contributed by atoms with van der Waals surface area (Å²) in [7, 11) is -8.98. The van der Waals surface area contributed by atoms with Crippen LogP contribution in [0.1, 0.15) is 51.4 Å². The summed E-state index contributed by atoms with van der Waals surface area (Å²) in [4.78, 5) is 10.3. The van der Waals surface area contributed by atoms with Gasteiger partial charge in [0.2, 0.25) is 0 Å². The summed E-state index contributed by atoms with van der Waals surface area (Å²) in [5, 5.41) is 6.92. The molecule has 0 rings (SSSR count). The average Bonchev–Trinajstić information content (AvgIpc) is 2.27. The Bertz CT molecular complexity index is 508. The first-order chi connectivity index (χ1) is 9.52. The Kier molecular flexibility index (Phi) is 9.02. The highest BCUT2D eigenvalue weighted by molar-refractivity contribution is 7.90. The molecule has 0 radical (unpaired) electrons. The molecule has 0 aromatic carbocycles. The second-order valence-corrected chi connectivity index (χ2v) is 8.13. The van der Waals surface area contributed by atoms with E-state index >= 15 is 0 Å². The number of carbonyl (C=O) groups is 1. The van der Waals surface area contributed by atoms with Gasteiger partial charge in [-0.25, -0.2) is 0 Å². The fourth-order valence-corrected chi connectivity index (χ4v) is 4.21. The molecule has 0 saturated carbocycles. The van der Waals surface area contributed by atoms with Gasteiger partial charge in [-0.3, -0.25) is 13.9 Å². The van der Waals surface area contributed by atoms with Crippen molar-refractivity contribution in [3.05, 3.63) is 0 Å². The SMILES string of the molecule is O=C(O)CCCCCCCCC(CS(=O)(=O)O)S(=O)(=O)O. The zero-order valence-electron chi connectivity index (χ0n) is 11.6. The fourth-order valence-electron chi connectivity index (χ4n) is 1.91. The van der Waals surface area contributed by atoms with E-state index in [-0.39, 0.29) is 12.8 Å². The van der Waals surface area contributed by atoms with Gasteiger partial charge in [0.15, 0.2) is 0 Å². The maximum absolute atomic E-state index is 11.0. The summed E-state index contributed by atoms with van der Waals surface area (Å²) in [5.41, 5.74) is 0. The minimum atomic E-state index is -4.51. The maximum Gasteiger partial charge on any atom is 0.303 e.